The second-order valence-corrected chi connectivity index (χ2v) is 9.25. The Balaban J connectivity index is 2.01. The van der Waals surface area contributed by atoms with Crippen LogP contribution in [0.3, 0.4) is 0 Å². The molecule has 0 bridgehead atoms. The molecule has 0 aliphatic carbocycles. The van der Waals surface area contributed by atoms with Crippen LogP contribution in [-0.4, -0.2) is 62.8 Å². The average molecular weight is 394 g/mol. The van der Waals surface area contributed by atoms with Gasteiger partial charge in [0.1, 0.15) is 0 Å². The van der Waals surface area contributed by atoms with Crippen LogP contribution in [0.5, 0.6) is 0 Å². The minimum absolute atomic E-state index is 0.0856. The van der Waals surface area contributed by atoms with Crippen LogP contribution in [0.15, 0.2) is 23.1 Å². The van der Waals surface area contributed by atoms with Crippen LogP contribution < -0.4 is 4.90 Å². The summed E-state index contributed by atoms with van der Waals surface area (Å²) in [4.78, 5) is 17.3. The fraction of sp³-hybridized carbons (Fsp3) is 0.650. The van der Waals surface area contributed by atoms with Gasteiger partial charge in [0.2, 0.25) is 10.0 Å². The highest BCUT2D eigenvalue weighted by atomic mass is 32.2. The summed E-state index contributed by atoms with van der Waals surface area (Å²) >= 11 is 0. The number of hydrogen-bond acceptors (Lipinski definition) is 4. The lowest BCUT2D eigenvalue weighted by Crippen LogP contribution is -2.36. The van der Waals surface area contributed by atoms with Crippen molar-refractivity contribution in [2.75, 3.05) is 44.2 Å². The van der Waals surface area contributed by atoms with E-state index in [0.717, 1.165) is 50.9 Å². The molecule has 6 nitrogen and oxygen atoms in total. The monoisotopic (exact) mass is 393 g/mol. The topological polar surface area (TPSA) is 60.9 Å². The van der Waals surface area contributed by atoms with Gasteiger partial charge in [-0.3, -0.25) is 4.79 Å². The number of carbonyl (C=O) groups excluding carboxylic acids is 1. The standard InChI is InChI=1S/C20H31N3O3S/c1-3-21(4-2)20(24)18-16-17(10-11-19(18)22-12-8-9-13-22)27(25,26)23-14-6-5-7-15-23/h10-11,16H,3-9,12-15H2,1-2H3. The van der Waals surface area contributed by atoms with E-state index >= 15 is 0 Å². The Morgan fingerprint density at radius 1 is 0.963 bits per heavy atom. The Labute approximate surface area is 163 Å². The van der Waals surface area contributed by atoms with Crippen LogP contribution >= 0.6 is 0 Å². The number of sulfonamides is 1. The smallest absolute Gasteiger partial charge is 0.255 e. The van der Waals surface area contributed by atoms with E-state index in [0.29, 0.717) is 31.7 Å². The Morgan fingerprint density at radius 3 is 2.15 bits per heavy atom. The largest absolute Gasteiger partial charge is 0.371 e. The molecule has 2 heterocycles. The van der Waals surface area contributed by atoms with Gasteiger partial charge in [-0.25, -0.2) is 8.42 Å². The van der Waals surface area contributed by atoms with E-state index in [4.69, 9.17) is 0 Å². The van der Waals surface area contributed by atoms with Gasteiger partial charge in [0, 0.05) is 45.0 Å². The molecule has 2 saturated heterocycles. The van der Waals surface area contributed by atoms with Crippen molar-refractivity contribution in [3.8, 4) is 0 Å². The molecule has 2 aliphatic heterocycles. The van der Waals surface area contributed by atoms with Crippen molar-refractivity contribution in [3.63, 3.8) is 0 Å². The lowest BCUT2D eigenvalue weighted by Gasteiger charge is -2.28. The molecule has 1 aromatic carbocycles. The summed E-state index contributed by atoms with van der Waals surface area (Å²) in [7, 11) is -3.55. The Bertz CT molecular complexity index is 763. The van der Waals surface area contributed by atoms with E-state index in [2.05, 4.69) is 4.90 Å². The highest BCUT2D eigenvalue weighted by Gasteiger charge is 2.29. The number of hydrogen-bond donors (Lipinski definition) is 0. The third-order valence-electron chi connectivity index (χ3n) is 5.65. The van der Waals surface area contributed by atoms with E-state index in [9.17, 15) is 13.2 Å². The summed E-state index contributed by atoms with van der Waals surface area (Å²) in [6, 6.07) is 5.12. The van der Waals surface area contributed by atoms with Crippen LogP contribution in [0.25, 0.3) is 0 Å². The van der Waals surface area contributed by atoms with Crippen molar-refractivity contribution in [2.45, 2.75) is 50.8 Å². The second kappa shape index (κ2) is 8.61. The highest BCUT2D eigenvalue weighted by molar-refractivity contribution is 7.89. The van der Waals surface area contributed by atoms with E-state index < -0.39 is 10.0 Å². The zero-order valence-electron chi connectivity index (χ0n) is 16.5. The Morgan fingerprint density at radius 2 is 1.56 bits per heavy atom. The molecule has 0 spiro atoms. The first-order valence-corrected chi connectivity index (χ1v) is 11.6. The van der Waals surface area contributed by atoms with E-state index in [-0.39, 0.29) is 10.8 Å². The van der Waals surface area contributed by atoms with Crippen molar-refractivity contribution >= 4 is 21.6 Å². The SMILES string of the molecule is CCN(CC)C(=O)c1cc(S(=O)(=O)N2CCCCC2)ccc1N1CCCC1. The van der Waals surface area contributed by atoms with Gasteiger partial charge in [0.25, 0.3) is 5.91 Å². The first-order valence-electron chi connectivity index (χ1n) is 10.2. The molecule has 0 N–H and O–H groups in total. The molecule has 27 heavy (non-hydrogen) atoms. The molecule has 1 amide bonds. The maximum Gasteiger partial charge on any atom is 0.255 e. The van der Waals surface area contributed by atoms with Crippen LogP contribution in [0, 0.1) is 0 Å². The fourth-order valence-corrected chi connectivity index (χ4v) is 5.56. The number of anilines is 1. The predicted molar refractivity (Wildman–Crippen MR) is 108 cm³/mol. The van der Waals surface area contributed by atoms with E-state index in [1.165, 1.54) is 0 Å². The maximum absolute atomic E-state index is 13.1. The average Bonchev–Trinajstić information content (AvgIpc) is 3.23. The highest BCUT2D eigenvalue weighted by Crippen LogP contribution is 2.30. The summed E-state index contributed by atoms with van der Waals surface area (Å²) in [6.07, 6.45) is 5.08. The molecule has 0 saturated carbocycles. The first kappa shape index (κ1) is 20.1. The molecule has 0 radical (unpaired) electrons. The molecule has 0 aromatic heterocycles. The minimum Gasteiger partial charge on any atom is -0.371 e. The van der Waals surface area contributed by atoms with Gasteiger partial charge in [-0.15, -0.1) is 0 Å². The summed E-state index contributed by atoms with van der Waals surface area (Å²) in [5.41, 5.74) is 1.38. The zero-order chi connectivity index (χ0) is 19.4. The van der Waals surface area contributed by atoms with E-state index in [1.807, 2.05) is 19.9 Å². The molecule has 0 atom stereocenters. The third kappa shape index (κ3) is 4.14. The van der Waals surface area contributed by atoms with Crippen LogP contribution in [0.4, 0.5) is 5.69 Å². The van der Waals surface area contributed by atoms with Crippen LogP contribution in [-0.2, 0) is 10.0 Å². The number of rotatable bonds is 6. The Hall–Kier alpha value is -1.60. The molecule has 3 rings (SSSR count). The van der Waals surface area contributed by atoms with Gasteiger partial charge in [-0.1, -0.05) is 6.42 Å². The number of piperidine rings is 1. The molecular weight excluding hydrogens is 362 g/mol. The first-order chi connectivity index (χ1) is 13.0. The van der Waals surface area contributed by atoms with Gasteiger partial charge in [-0.2, -0.15) is 4.31 Å². The number of benzene rings is 1. The lowest BCUT2D eigenvalue weighted by molar-refractivity contribution is 0.0773. The van der Waals surface area contributed by atoms with Crippen molar-refractivity contribution in [2.24, 2.45) is 0 Å². The Kier molecular flexibility index (Phi) is 6.42. The van der Waals surface area contributed by atoms with Crippen molar-refractivity contribution < 1.29 is 13.2 Å². The molecule has 7 heteroatoms. The van der Waals surface area contributed by atoms with Crippen molar-refractivity contribution in [1.29, 1.82) is 0 Å². The number of carbonyl (C=O) groups is 1. The third-order valence-corrected chi connectivity index (χ3v) is 7.54. The van der Waals surface area contributed by atoms with Gasteiger partial charge < -0.3 is 9.80 Å². The summed E-state index contributed by atoms with van der Waals surface area (Å²) in [6.45, 7) is 8.07. The number of nitrogens with zero attached hydrogens (tertiary/aromatic N) is 3. The molecule has 2 fully saturated rings. The zero-order valence-corrected chi connectivity index (χ0v) is 17.3. The predicted octanol–water partition coefficient (Wildman–Crippen LogP) is 2.94. The second-order valence-electron chi connectivity index (χ2n) is 7.32. The molecule has 2 aliphatic rings. The maximum atomic E-state index is 13.1. The van der Waals surface area contributed by atoms with Crippen molar-refractivity contribution in [3.05, 3.63) is 23.8 Å². The van der Waals surface area contributed by atoms with Crippen molar-refractivity contribution in [1.82, 2.24) is 9.21 Å². The van der Waals surface area contributed by atoms with Gasteiger partial charge in [0.05, 0.1) is 10.5 Å². The van der Waals surface area contributed by atoms with E-state index in [1.54, 1.807) is 21.3 Å². The summed E-state index contributed by atoms with van der Waals surface area (Å²) in [5.74, 6) is -0.0856. The molecular formula is C20H31N3O3S. The summed E-state index contributed by atoms with van der Waals surface area (Å²) < 4.78 is 27.7. The fourth-order valence-electron chi connectivity index (χ4n) is 4.02. The van der Waals surface area contributed by atoms with Gasteiger partial charge in [-0.05, 0) is 57.7 Å². The quantitative estimate of drug-likeness (QED) is 0.746. The molecule has 150 valence electrons. The van der Waals surface area contributed by atoms with Crippen LogP contribution in [0.2, 0.25) is 0 Å². The lowest BCUT2D eigenvalue weighted by atomic mass is 10.1. The summed E-state index contributed by atoms with van der Waals surface area (Å²) in [5, 5.41) is 0. The van der Waals surface area contributed by atoms with Gasteiger partial charge >= 0.3 is 0 Å². The molecule has 1 aromatic rings. The minimum atomic E-state index is -3.55. The normalized spacial score (nSPS) is 18.7. The van der Waals surface area contributed by atoms with Gasteiger partial charge in [0.15, 0.2) is 0 Å². The number of amides is 1. The molecule has 0 unspecified atom stereocenters. The van der Waals surface area contributed by atoms with Crippen LogP contribution in [0.1, 0.15) is 56.3 Å².